The van der Waals surface area contributed by atoms with Crippen molar-refractivity contribution in [2.24, 2.45) is 0 Å². The van der Waals surface area contributed by atoms with Crippen LogP contribution in [0, 0.1) is 0 Å². The molecule has 1 heterocycles. The molecule has 23 heavy (non-hydrogen) atoms. The molecule has 1 unspecified atom stereocenters. The number of anilines is 3. The molecule has 6 nitrogen and oxygen atoms in total. The molecular weight excluding hydrogens is 362 g/mol. The molecule has 0 saturated heterocycles. The predicted molar refractivity (Wildman–Crippen MR) is 91.8 cm³/mol. The smallest absolute Gasteiger partial charge is 0.409 e. The van der Waals surface area contributed by atoms with Crippen LogP contribution in [0.2, 0.25) is 0 Å². The second-order valence-electron chi connectivity index (χ2n) is 5.19. The quantitative estimate of drug-likeness (QED) is 0.637. The Morgan fingerprint density at radius 2 is 2.04 bits per heavy atom. The number of carboxylic acid groups (broad SMARTS) is 1. The van der Waals surface area contributed by atoms with E-state index in [1.54, 1.807) is 18.2 Å². The van der Waals surface area contributed by atoms with E-state index < -0.39 is 6.09 Å². The fraction of sp³-hybridized carbons (Fsp3) is 0.125. The zero-order valence-electron chi connectivity index (χ0n) is 12.0. The maximum Gasteiger partial charge on any atom is 0.409 e. The maximum absolute atomic E-state index is 12.1. The van der Waals surface area contributed by atoms with Gasteiger partial charge in [0, 0.05) is 10.2 Å². The van der Waals surface area contributed by atoms with Gasteiger partial charge in [-0.2, -0.15) is 0 Å². The molecule has 7 heteroatoms. The average molecular weight is 376 g/mol. The molecule has 0 fully saturated rings. The fourth-order valence-corrected chi connectivity index (χ4v) is 2.94. The minimum atomic E-state index is -1.15. The van der Waals surface area contributed by atoms with E-state index in [1.807, 2.05) is 24.3 Å². The molecule has 118 valence electrons. The van der Waals surface area contributed by atoms with E-state index in [9.17, 15) is 9.59 Å². The van der Waals surface area contributed by atoms with E-state index in [0.29, 0.717) is 11.4 Å². The van der Waals surface area contributed by atoms with Gasteiger partial charge < -0.3 is 15.7 Å². The Kier molecular flexibility index (Phi) is 4.20. The lowest BCUT2D eigenvalue weighted by molar-refractivity contribution is -0.116. The number of hydrogen-bond acceptors (Lipinski definition) is 3. The summed E-state index contributed by atoms with van der Waals surface area (Å²) in [5.41, 5.74) is 2.70. The Morgan fingerprint density at radius 1 is 1.22 bits per heavy atom. The average Bonchev–Trinajstić information content (AvgIpc) is 2.64. The molecule has 0 bridgehead atoms. The Labute approximate surface area is 141 Å². The van der Waals surface area contributed by atoms with Crippen LogP contribution in [-0.4, -0.2) is 17.1 Å². The SMILES string of the molecule is O=C(O)Nc1ccc2c(c1)NC(=O)CC(c1cccc(Br)c1)N2. The first-order valence-electron chi connectivity index (χ1n) is 6.97. The standard InChI is InChI=1S/C16H14BrN3O3/c17-10-3-1-2-9(6-10)13-8-15(21)20-14-7-11(18-16(22)23)4-5-12(14)19-13/h1-7,13,18-19H,8H2,(H,20,21)(H,22,23). The molecule has 4 N–H and O–H groups in total. The van der Waals surface area contributed by atoms with Crippen molar-refractivity contribution in [2.75, 3.05) is 16.0 Å². The van der Waals surface area contributed by atoms with Crippen molar-refractivity contribution in [3.63, 3.8) is 0 Å². The van der Waals surface area contributed by atoms with Gasteiger partial charge in [-0.05, 0) is 35.9 Å². The van der Waals surface area contributed by atoms with Crippen LogP contribution in [0.3, 0.4) is 0 Å². The lowest BCUT2D eigenvalue weighted by Crippen LogP contribution is -2.15. The Bertz CT molecular complexity index is 779. The van der Waals surface area contributed by atoms with Crippen LogP contribution in [0.4, 0.5) is 21.9 Å². The van der Waals surface area contributed by atoms with E-state index in [1.165, 1.54) is 0 Å². The van der Waals surface area contributed by atoms with E-state index in [4.69, 9.17) is 5.11 Å². The van der Waals surface area contributed by atoms with Crippen LogP contribution in [0.5, 0.6) is 0 Å². The van der Waals surface area contributed by atoms with E-state index >= 15 is 0 Å². The first-order valence-corrected chi connectivity index (χ1v) is 7.76. The Balaban J connectivity index is 1.92. The molecule has 1 aliphatic rings. The van der Waals surface area contributed by atoms with Crippen molar-refractivity contribution in [1.82, 2.24) is 0 Å². The third kappa shape index (κ3) is 3.62. The Hall–Kier alpha value is -2.54. The maximum atomic E-state index is 12.1. The molecule has 2 aromatic rings. The van der Waals surface area contributed by atoms with Gasteiger partial charge in [-0.15, -0.1) is 0 Å². The molecule has 0 aliphatic carbocycles. The van der Waals surface area contributed by atoms with E-state index in [-0.39, 0.29) is 18.4 Å². The molecular formula is C16H14BrN3O3. The molecule has 1 atom stereocenters. The largest absolute Gasteiger partial charge is 0.465 e. The van der Waals surface area contributed by atoms with Crippen LogP contribution >= 0.6 is 15.9 Å². The first kappa shape index (κ1) is 15.4. The van der Waals surface area contributed by atoms with Crippen LogP contribution < -0.4 is 16.0 Å². The molecule has 0 aromatic heterocycles. The summed E-state index contributed by atoms with van der Waals surface area (Å²) in [6.45, 7) is 0. The third-order valence-corrected chi connectivity index (χ3v) is 4.01. The van der Waals surface area contributed by atoms with Gasteiger partial charge in [0.2, 0.25) is 5.91 Å². The van der Waals surface area contributed by atoms with Crippen molar-refractivity contribution in [3.05, 3.63) is 52.5 Å². The predicted octanol–water partition coefficient (Wildman–Crippen LogP) is 4.03. The second-order valence-corrected chi connectivity index (χ2v) is 6.11. The second kappa shape index (κ2) is 6.29. The number of halogens is 1. The summed E-state index contributed by atoms with van der Waals surface area (Å²) in [4.78, 5) is 22.9. The zero-order valence-corrected chi connectivity index (χ0v) is 13.6. The highest BCUT2D eigenvalue weighted by atomic mass is 79.9. The molecule has 2 aromatic carbocycles. The summed E-state index contributed by atoms with van der Waals surface area (Å²) < 4.78 is 0.947. The van der Waals surface area contributed by atoms with Gasteiger partial charge in [0.25, 0.3) is 0 Å². The number of rotatable bonds is 2. The lowest BCUT2D eigenvalue weighted by Gasteiger charge is -2.18. The van der Waals surface area contributed by atoms with Crippen LogP contribution in [0.25, 0.3) is 0 Å². The number of fused-ring (bicyclic) bond motifs is 1. The summed E-state index contributed by atoms with van der Waals surface area (Å²) in [5, 5.41) is 17.2. The molecule has 0 spiro atoms. The lowest BCUT2D eigenvalue weighted by atomic mass is 10.0. The molecule has 0 radical (unpaired) electrons. The van der Waals surface area contributed by atoms with Gasteiger partial charge in [0.05, 0.1) is 23.8 Å². The highest BCUT2D eigenvalue weighted by Crippen LogP contribution is 2.34. The van der Waals surface area contributed by atoms with E-state index in [0.717, 1.165) is 15.7 Å². The number of carbonyl (C=O) groups is 2. The summed E-state index contributed by atoms with van der Waals surface area (Å²) in [6.07, 6.45) is -0.864. The summed E-state index contributed by atoms with van der Waals surface area (Å²) >= 11 is 3.44. The summed E-state index contributed by atoms with van der Waals surface area (Å²) in [6, 6.07) is 12.6. The number of hydrogen-bond donors (Lipinski definition) is 4. The minimum Gasteiger partial charge on any atom is -0.465 e. The molecule has 3 rings (SSSR count). The number of nitrogens with one attached hydrogen (secondary N) is 3. The van der Waals surface area contributed by atoms with Gasteiger partial charge in [-0.3, -0.25) is 10.1 Å². The van der Waals surface area contributed by atoms with Crippen LogP contribution in [0.15, 0.2) is 46.9 Å². The first-order chi connectivity index (χ1) is 11.0. The summed E-state index contributed by atoms with van der Waals surface area (Å²) in [5.74, 6) is -0.131. The van der Waals surface area contributed by atoms with Crippen molar-refractivity contribution in [2.45, 2.75) is 12.5 Å². The number of benzene rings is 2. The highest BCUT2D eigenvalue weighted by molar-refractivity contribution is 9.10. The molecule has 2 amide bonds. The van der Waals surface area contributed by atoms with Crippen LogP contribution in [0.1, 0.15) is 18.0 Å². The van der Waals surface area contributed by atoms with Crippen molar-refractivity contribution in [3.8, 4) is 0 Å². The molecule has 0 saturated carbocycles. The number of carbonyl (C=O) groups excluding carboxylic acids is 1. The van der Waals surface area contributed by atoms with Crippen molar-refractivity contribution >= 4 is 45.0 Å². The minimum absolute atomic E-state index is 0.131. The van der Waals surface area contributed by atoms with Crippen molar-refractivity contribution in [1.29, 1.82) is 0 Å². The van der Waals surface area contributed by atoms with Crippen LogP contribution in [-0.2, 0) is 4.79 Å². The van der Waals surface area contributed by atoms with Gasteiger partial charge in [-0.25, -0.2) is 4.79 Å². The fourth-order valence-electron chi connectivity index (χ4n) is 2.52. The number of amides is 2. The summed E-state index contributed by atoms with van der Waals surface area (Å²) in [7, 11) is 0. The highest BCUT2D eigenvalue weighted by Gasteiger charge is 2.22. The van der Waals surface area contributed by atoms with E-state index in [2.05, 4.69) is 31.9 Å². The normalized spacial score (nSPS) is 16.6. The van der Waals surface area contributed by atoms with Gasteiger partial charge in [0.1, 0.15) is 0 Å². The third-order valence-electron chi connectivity index (χ3n) is 3.52. The van der Waals surface area contributed by atoms with Gasteiger partial charge in [0.15, 0.2) is 0 Å². The van der Waals surface area contributed by atoms with Crippen molar-refractivity contribution < 1.29 is 14.7 Å². The Morgan fingerprint density at radius 3 is 2.78 bits per heavy atom. The van der Waals surface area contributed by atoms with Gasteiger partial charge in [-0.1, -0.05) is 28.1 Å². The van der Waals surface area contributed by atoms with Gasteiger partial charge >= 0.3 is 6.09 Å². The topological polar surface area (TPSA) is 90.5 Å². The zero-order chi connectivity index (χ0) is 16.4. The monoisotopic (exact) mass is 375 g/mol. The molecule has 1 aliphatic heterocycles.